The average molecular weight is 293 g/mol. The van der Waals surface area contributed by atoms with E-state index < -0.39 is 4.92 Å². The van der Waals surface area contributed by atoms with Crippen LogP contribution in [0.5, 0.6) is 0 Å². The summed E-state index contributed by atoms with van der Waals surface area (Å²) >= 11 is 0. The fourth-order valence-electron chi connectivity index (χ4n) is 2.89. The molecule has 0 saturated heterocycles. The molecule has 1 aliphatic rings. The third-order valence-electron chi connectivity index (χ3n) is 4.03. The second kappa shape index (κ2) is 7.19. The van der Waals surface area contributed by atoms with E-state index in [1.54, 1.807) is 14.0 Å². The van der Waals surface area contributed by atoms with E-state index in [0.29, 0.717) is 24.0 Å². The Morgan fingerprint density at radius 3 is 2.62 bits per heavy atom. The number of nitrogens with zero attached hydrogens (tertiary/aromatic N) is 3. The SMILES string of the molecule is CNc1nc(C)c([N+](=O)[O-])c(NCCC2CCCCC2)n1. The Bertz CT molecular complexity index is 500. The number of hydrogen-bond donors (Lipinski definition) is 2. The van der Waals surface area contributed by atoms with Gasteiger partial charge in [0.2, 0.25) is 11.8 Å². The maximum absolute atomic E-state index is 11.2. The summed E-state index contributed by atoms with van der Waals surface area (Å²) in [5.41, 5.74) is 0.345. The van der Waals surface area contributed by atoms with Crippen molar-refractivity contribution in [3.8, 4) is 0 Å². The summed E-state index contributed by atoms with van der Waals surface area (Å²) in [5, 5.41) is 17.1. The van der Waals surface area contributed by atoms with Gasteiger partial charge in [0.1, 0.15) is 5.69 Å². The zero-order chi connectivity index (χ0) is 15.2. The first kappa shape index (κ1) is 15.5. The first-order chi connectivity index (χ1) is 10.1. The number of nitro groups is 1. The summed E-state index contributed by atoms with van der Waals surface area (Å²) in [6, 6.07) is 0. The van der Waals surface area contributed by atoms with E-state index >= 15 is 0 Å². The van der Waals surface area contributed by atoms with Crippen molar-refractivity contribution >= 4 is 17.5 Å². The molecule has 1 aromatic heterocycles. The Morgan fingerprint density at radius 2 is 2.00 bits per heavy atom. The molecule has 0 radical (unpaired) electrons. The van der Waals surface area contributed by atoms with Crippen LogP contribution in [0.2, 0.25) is 0 Å². The fourth-order valence-corrected chi connectivity index (χ4v) is 2.89. The van der Waals surface area contributed by atoms with Gasteiger partial charge in [-0.1, -0.05) is 32.1 Å². The minimum Gasteiger partial charge on any atom is -0.364 e. The molecule has 2 N–H and O–H groups in total. The summed E-state index contributed by atoms with van der Waals surface area (Å²) in [4.78, 5) is 19.0. The van der Waals surface area contributed by atoms with Gasteiger partial charge in [0.15, 0.2) is 0 Å². The van der Waals surface area contributed by atoms with Gasteiger partial charge >= 0.3 is 5.69 Å². The Labute approximate surface area is 124 Å². The first-order valence-corrected chi connectivity index (χ1v) is 7.56. The van der Waals surface area contributed by atoms with Crippen molar-refractivity contribution in [1.82, 2.24) is 9.97 Å². The van der Waals surface area contributed by atoms with Crippen LogP contribution in [0, 0.1) is 23.0 Å². The smallest absolute Gasteiger partial charge is 0.332 e. The fraction of sp³-hybridized carbons (Fsp3) is 0.714. The second-order valence-electron chi connectivity index (χ2n) is 5.56. The van der Waals surface area contributed by atoms with Crippen LogP contribution in [-0.2, 0) is 0 Å². The van der Waals surface area contributed by atoms with Gasteiger partial charge in [-0.3, -0.25) is 10.1 Å². The lowest BCUT2D eigenvalue weighted by atomic mass is 9.87. The number of aryl methyl sites for hydroxylation is 1. The molecule has 1 saturated carbocycles. The van der Waals surface area contributed by atoms with E-state index in [9.17, 15) is 10.1 Å². The van der Waals surface area contributed by atoms with Gasteiger partial charge in [0.25, 0.3) is 0 Å². The van der Waals surface area contributed by atoms with Crippen LogP contribution in [0.1, 0.15) is 44.2 Å². The highest BCUT2D eigenvalue weighted by atomic mass is 16.6. The predicted molar refractivity (Wildman–Crippen MR) is 82.7 cm³/mol. The lowest BCUT2D eigenvalue weighted by Crippen LogP contribution is -2.15. The van der Waals surface area contributed by atoms with Crippen molar-refractivity contribution in [2.45, 2.75) is 45.4 Å². The molecule has 1 heterocycles. The van der Waals surface area contributed by atoms with E-state index in [1.807, 2.05) is 0 Å². The molecule has 116 valence electrons. The molecule has 0 atom stereocenters. The van der Waals surface area contributed by atoms with Crippen LogP contribution < -0.4 is 10.6 Å². The minimum absolute atomic E-state index is 0.0300. The molecule has 1 fully saturated rings. The van der Waals surface area contributed by atoms with E-state index in [1.165, 1.54) is 32.1 Å². The standard InChI is InChI=1S/C14H23N5O2/c1-10-12(19(20)21)13(18-14(15-2)17-10)16-9-8-11-6-4-3-5-7-11/h11H,3-9H2,1-2H3,(H2,15,16,17,18). The monoisotopic (exact) mass is 293 g/mol. The summed E-state index contributed by atoms with van der Waals surface area (Å²) in [7, 11) is 1.70. The molecule has 1 aromatic rings. The molecule has 0 spiro atoms. The van der Waals surface area contributed by atoms with Crippen LogP contribution >= 0.6 is 0 Å². The largest absolute Gasteiger partial charge is 0.364 e. The van der Waals surface area contributed by atoms with Crippen molar-refractivity contribution in [2.75, 3.05) is 24.2 Å². The molecular weight excluding hydrogens is 270 g/mol. The molecule has 2 rings (SSSR count). The van der Waals surface area contributed by atoms with Gasteiger partial charge in [-0.15, -0.1) is 0 Å². The van der Waals surface area contributed by atoms with Crippen LogP contribution in [0.15, 0.2) is 0 Å². The van der Waals surface area contributed by atoms with Gasteiger partial charge in [0.05, 0.1) is 4.92 Å². The Balaban J connectivity index is 2.03. The summed E-state index contributed by atoms with van der Waals surface area (Å²) < 4.78 is 0. The molecule has 7 nitrogen and oxygen atoms in total. The molecule has 21 heavy (non-hydrogen) atoms. The number of hydrogen-bond acceptors (Lipinski definition) is 6. The molecule has 0 aliphatic heterocycles. The third-order valence-corrected chi connectivity index (χ3v) is 4.03. The highest BCUT2D eigenvalue weighted by Crippen LogP contribution is 2.28. The van der Waals surface area contributed by atoms with Crippen molar-refractivity contribution in [2.24, 2.45) is 5.92 Å². The molecule has 0 bridgehead atoms. The molecule has 0 aromatic carbocycles. The van der Waals surface area contributed by atoms with Crippen LogP contribution in [-0.4, -0.2) is 28.5 Å². The van der Waals surface area contributed by atoms with Crippen LogP contribution in [0.3, 0.4) is 0 Å². The third kappa shape index (κ3) is 4.03. The summed E-state index contributed by atoms with van der Waals surface area (Å²) in [6.07, 6.45) is 7.53. The van der Waals surface area contributed by atoms with E-state index in [0.717, 1.165) is 12.3 Å². The van der Waals surface area contributed by atoms with Gasteiger partial charge in [-0.05, 0) is 19.3 Å². The average Bonchev–Trinajstić information content (AvgIpc) is 2.47. The first-order valence-electron chi connectivity index (χ1n) is 7.56. The van der Waals surface area contributed by atoms with Crippen LogP contribution in [0.25, 0.3) is 0 Å². The highest BCUT2D eigenvalue weighted by Gasteiger charge is 2.22. The van der Waals surface area contributed by atoms with Gasteiger partial charge in [-0.2, -0.15) is 4.98 Å². The lowest BCUT2D eigenvalue weighted by Gasteiger charge is -2.21. The molecule has 1 aliphatic carbocycles. The topological polar surface area (TPSA) is 93.0 Å². The number of aromatic nitrogens is 2. The van der Waals surface area contributed by atoms with Gasteiger partial charge in [-0.25, -0.2) is 4.98 Å². The van der Waals surface area contributed by atoms with Gasteiger partial charge in [0, 0.05) is 13.6 Å². The predicted octanol–water partition coefficient (Wildman–Crippen LogP) is 3.12. The van der Waals surface area contributed by atoms with E-state index in [2.05, 4.69) is 20.6 Å². The number of rotatable bonds is 6. The highest BCUT2D eigenvalue weighted by molar-refractivity contribution is 5.60. The van der Waals surface area contributed by atoms with Gasteiger partial charge < -0.3 is 10.6 Å². The Morgan fingerprint density at radius 1 is 1.29 bits per heavy atom. The van der Waals surface area contributed by atoms with Crippen molar-refractivity contribution in [3.63, 3.8) is 0 Å². The van der Waals surface area contributed by atoms with Crippen LogP contribution in [0.4, 0.5) is 17.5 Å². The van der Waals surface area contributed by atoms with Crippen molar-refractivity contribution in [3.05, 3.63) is 15.8 Å². The lowest BCUT2D eigenvalue weighted by molar-refractivity contribution is -0.385. The molecule has 7 heteroatoms. The van der Waals surface area contributed by atoms with Crippen molar-refractivity contribution in [1.29, 1.82) is 0 Å². The normalized spacial score (nSPS) is 15.7. The molecule has 0 unspecified atom stereocenters. The Kier molecular flexibility index (Phi) is 5.30. The van der Waals surface area contributed by atoms with Crippen molar-refractivity contribution < 1.29 is 4.92 Å². The summed E-state index contributed by atoms with van der Waals surface area (Å²) in [5.74, 6) is 1.45. The maximum atomic E-state index is 11.2. The van der Waals surface area contributed by atoms with E-state index in [4.69, 9.17) is 0 Å². The zero-order valence-corrected chi connectivity index (χ0v) is 12.7. The molecular formula is C14H23N5O2. The summed E-state index contributed by atoms with van der Waals surface area (Å²) in [6.45, 7) is 2.35. The Hall–Kier alpha value is -1.92. The second-order valence-corrected chi connectivity index (χ2v) is 5.56. The molecule has 0 amide bonds. The number of nitrogens with one attached hydrogen (secondary N) is 2. The maximum Gasteiger partial charge on any atom is 0.332 e. The number of anilines is 2. The quantitative estimate of drug-likeness (QED) is 0.618. The zero-order valence-electron chi connectivity index (χ0n) is 12.7. The van der Waals surface area contributed by atoms with E-state index in [-0.39, 0.29) is 5.69 Å². The minimum atomic E-state index is -0.419.